The number of rotatable bonds is 7. The highest BCUT2D eigenvalue weighted by atomic mass is 19.4. The fraction of sp³-hybridized carbons (Fsp3) is 0.542. The van der Waals surface area contributed by atoms with Crippen molar-refractivity contribution < 1.29 is 45.7 Å². The summed E-state index contributed by atoms with van der Waals surface area (Å²) in [5.41, 5.74) is -3.09. The second-order valence-corrected chi connectivity index (χ2v) is 9.16. The molecule has 2 N–H and O–H groups in total. The number of ether oxygens (including phenoxy) is 2. The fourth-order valence-electron chi connectivity index (χ4n) is 4.33. The Morgan fingerprint density at radius 3 is 2.47 bits per heavy atom. The monoisotopic (exact) mass is 520 g/mol. The number of carbonyl (C=O) groups is 1. The largest absolute Gasteiger partial charge is 0.417 e. The number of halogens is 6. The average molecular weight is 520 g/mol. The Hall–Kier alpha value is -2.73. The molecule has 6 nitrogen and oxygen atoms in total. The van der Waals surface area contributed by atoms with Gasteiger partial charge in [-0.2, -0.15) is 26.3 Å². The Labute approximate surface area is 203 Å². The number of aliphatic hydroxyl groups excluding tert-OH is 1. The predicted molar refractivity (Wildman–Crippen MR) is 116 cm³/mol. The molecule has 2 heterocycles. The smallest absolute Gasteiger partial charge is 0.408 e. The van der Waals surface area contributed by atoms with Gasteiger partial charge in [0.05, 0.1) is 34.7 Å². The molecule has 198 valence electrons. The highest BCUT2D eigenvalue weighted by Gasteiger charge is 2.38. The summed E-state index contributed by atoms with van der Waals surface area (Å²) in [4.78, 5) is 12.3. The average Bonchev–Trinajstić information content (AvgIpc) is 3.45. The van der Waals surface area contributed by atoms with E-state index in [2.05, 4.69) is 5.32 Å². The van der Waals surface area contributed by atoms with Crippen LogP contribution < -0.4 is 10.1 Å². The van der Waals surface area contributed by atoms with Crippen LogP contribution >= 0.6 is 0 Å². The van der Waals surface area contributed by atoms with Gasteiger partial charge in [0.2, 0.25) is 0 Å². The number of carbonyl (C=O) groups excluding carboxylic acids is 1. The minimum absolute atomic E-state index is 0.0577. The predicted octanol–water partition coefficient (Wildman–Crippen LogP) is 5.54. The third-order valence-corrected chi connectivity index (χ3v) is 6.48. The molecule has 2 aromatic rings. The lowest BCUT2D eigenvalue weighted by Crippen LogP contribution is -2.35. The van der Waals surface area contributed by atoms with E-state index in [1.165, 1.54) is 11.5 Å². The van der Waals surface area contributed by atoms with Crippen molar-refractivity contribution in [2.24, 2.45) is 5.92 Å². The molecule has 2 aliphatic rings. The SMILES string of the molecule is Cc1c(OC(=O)NCC(O)C2CC2)cc(-c2cc(C(F)(F)F)ccc2C(F)(F)F)n1C[C@H]1CCCO1. The number of aromatic nitrogens is 1. The number of hydrogen-bond donors (Lipinski definition) is 2. The van der Waals surface area contributed by atoms with Crippen LogP contribution in [-0.2, 0) is 23.6 Å². The Morgan fingerprint density at radius 1 is 1.17 bits per heavy atom. The van der Waals surface area contributed by atoms with E-state index in [1.807, 2.05) is 0 Å². The highest BCUT2D eigenvalue weighted by Crippen LogP contribution is 2.43. The zero-order valence-corrected chi connectivity index (χ0v) is 19.4. The summed E-state index contributed by atoms with van der Waals surface area (Å²) in [6.07, 6.45) is -8.74. The van der Waals surface area contributed by atoms with E-state index in [0.29, 0.717) is 31.2 Å². The summed E-state index contributed by atoms with van der Waals surface area (Å²) in [5, 5.41) is 12.3. The van der Waals surface area contributed by atoms with Gasteiger partial charge in [0.1, 0.15) is 0 Å². The van der Waals surface area contributed by atoms with Gasteiger partial charge in [0.15, 0.2) is 5.75 Å². The van der Waals surface area contributed by atoms with Gasteiger partial charge in [-0.1, -0.05) is 0 Å². The molecule has 1 amide bonds. The summed E-state index contributed by atoms with van der Waals surface area (Å²) in [5.74, 6) is -0.000206. The minimum atomic E-state index is -4.93. The molecule has 4 rings (SSSR count). The van der Waals surface area contributed by atoms with Crippen molar-refractivity contribution in [1.29, 1.82) is 0 Å². The number of alkyl halides is 6. The van der Waals surface area contributed by atoms with Gasteiger partial charge in [-0.3, -0.25) is 0 Å². The maximum Gasteiger partial charge on any atom is 0.417 e. The molecule has 1 aliphatic heterocycles. The van der Waals surface area contributed by atoms with E-state index in [1.54, 1.807) is 0 Å². The summed E-state index contributed by atoms with van der Waals surface area (Å²) >= 11 is 0. The molecule has 1 unspecified atom stereocenters. The first-order chi connectivity index (χ1) is 16.8. The number of nitrogens with zero attached hydrogens (tertiary/aromatic N) is 1. The van der Waals surface area contributed by atoms with Gasteiger partial charge in [0.25, 0.3) is 0 Å². The second kappa shape index (κ2) is 9.97. The maximum absolute atomic E-state index is 13.8. The Balaban J connectivity index is 1.72. The van der Waals surface area contributed by atoms with Crippen LogP contribution in [0.25, 0.3) is 11.3 Å². The van der Waals surface area contributed by atoms with Crippen molar-refractivity contribution in [3.05, 3.63) is 41.1 Å². The number of hydrogen-bond acceptors (Lipinski definition) is 4. The van der Waals surface area contributed by atoms with E-state index in [-0.39, 0.29) is 42.2 Å². The Kier molecular flexibility index (Phi) is 7.29. The molecule has 1 aromatic carbocycles. The van der Waals surface area contributed by atoms with Crippen LogP contribution in [0.3, 0.4) is 0 Å². The van der Waals surface area contributed by atoms with Gasteiger partial charge >= 0.3 is 18.4 Å². The van der Waals surface area contributed by atoms with Crippen molar-refractivity contribution in [1.82, 2.24) is 9.88 Å². The topological polar surface area (TPSA) is 72.7 Å². The Morgan fingerprint density at radius 2 is 1.89 bits per heavy atom. The van der Waals surface area contributed by atoms with Crippen LogP contribution in [0, 0.1) is 12.8 Å². The molecule has 1 saturated heterocycles. The summed E-state index contributed by atoms with van der Waals surface area (Å²) in [6.45, 7) is 1.98. The first-order valence-corrected chi connectivity index (χ1v) is 11.6. The van der Waals surface area contributed by atoms with Gasteiger partial charge < -0.3 is 24.5 Å². The third kappa shape index (κ3) is 5.97. The van der Waals surface area contributed by atoms with Crippen molar-refractivity contribution >= 4 is 6.09 Å². The van der Waals surface area contributed by atoms with Gasteiger partial charge in [-0.25, -0.2) is 4.79 Å². The lowest BCUT2D eigenvalue weighted by atomic mass is 10.00. The highest BCUT2D eigenvalue weighted by molar-refractivity contribution is 5.74. The zero-order chi connectivity index (χ0) is 26.3. The van der Waals surface area contributed by atoms with Crippen LogP contribution in [0.15, 0.2) is 24.3 Å². The van der Waals surface area contributed by atoms with Crippen molar-refractivity contribution in [3.8, 4) is 17.0 Å². The first kappa shape index (κ1) is 26.3. The Bertz CT molecular complexity index is 1100. The standard InChI is InChI=1S/C24H26F6N2O4/c1-13-21(36-22(34)31-11-20(33)14-4-5-14)10-19(32(13)12-16-3-2-8-35-16)17-9-15(23(25,26)27)6-7-18(17)24(28,29)30/h6-7,9-10,14,16,20,33H,2-5,8,11-12H2,1H3,(H,31,34)/t16-,20?/m1/s1. The number of amides is 1. The van der Waals surface area contributed by atoms with Crippen molar-refractivity contribution in [2.45, 2.75) is 63.7 Å². The lowest BCUT2D eigenvalue weighted by molar-refractivity contribution is -0.141. The molecule has 36 heavy (non-hydrogen) atoms. The number of nitrogens with one attached hydrogen (secondary N) is 1. The maximum atomic E-state index is 13.8. The van der Waals surface area contributed by atoms with Crippen molar-refractivity contribution in [2.75, 3.05) is 13.2 Å². The lowest BCUT2D eigenvalue weighted by Gasteiger charge is -2.20. The first-order valence-electron chi connectivity index (χ1n) is 11.6. The molecule has 0 spiro atoms. The second-order valence-electron chi connectivity index (χ2n) is 9.16. The molecule has 2 atom stereocenters. The van der Waals surface area contributed by atoms with Gasteiger partial charge in [0, 0.05) is 31.3 Å². The number of benzene rings is 1. The fourth-order valence-corrected chi connectivity index (χ4v) is 4.33. The molecule has 0 bridgehead atoms. The molecule has 1 saturated carbocycles. The number of aliphatic hydroxyl groups is 1. The zero-order valence-electron chi connectivity index (χ0n) is 19.4. The quantitative estimate of drug-likeness (QED) is 0.471. The van der Waals surface area contributed by atoms with Gasteiger partial charge in [-0.05, 0) is 56.7 Å². The minimum Gasteiger partial charge on any atom is -0.408 e. The van der Waals surface area contributed by atoms with Crippen LogP contribution in [0.5, 0.6) is 5.75 Å². The van der Waals surface area contributed by atoms with E-state index in [4.69, 9.17) is 9.47 Å². The molecular formula is C24H26F6N2O4. The molecule has 0 radical (unpaired) electrons. The summed E-state index contributed by atoms with van der Waals surface area (Å²) < 4.78 is 94.0. The summed E-state index contributed by atoms with van der Waals surface area (Å²) in [7, 11) is 0. The normalized spacial score (nSPS) is 19.4. The molecule has 1 aromatic heterocycles. The van der Waals surface area contributed by atoms with Crippen LogP contribution in [-0.4, -0.2) is 41.1 Å². The molecule has 12 heteroatoms. The van der Waals surface area contributed by atoms with Crippen molar-refractivity contribution in [3.63, 3.8) is 0 Å². The molecular weight excluding hydrogens is 494 g/mol. The molecule has 1 aliphatic carbocycles. The molecule has 2 fully saturated rings. The van der Waals surface area contributed by atoms with Crippen LogP contribution in [0.1, 0.15) is 42.5 Å². The summed E-state index contributed by atoms with van der Waals surface area (Å²) in [6, 6.07) is 2.39. The van der Waals surface area contributed by atoms with Crippen LogP contribution in [0.2, 0.25) is 0 Å². The van der Waals surface area contributed by atoms with E-state index in [0.717, 1.165) is 25.3 Å². The van der Waals surface area contributed by atoms with E-state index < -0.39 is 41.2 Å². The van der Waals surface area contributed by atoms with E-state index in [9.17, 15) is 36.2 Å². The van der Waals surface area contributed by atoms with Gasteiger partial charge in [-0.15, -0.1) is 0 Å². The third-order valence-electron chi connectivity index (χ3n) is 6.48. The van der Waals surface area contributed by atoms with E-state index >= 15 is 0 Å². The van der Waals surface area contributed by atoms with Crippen LogP contribution in [0.4, 0.5) is 31.1 Å².